The molecule has 0 saturated heterocycles. The van der Waals surface area contributed by atoms with E-state index in [1.807, 2.05) is 43.4 Å². The second-order valence-electron chi connectivity index (χ2n) is 3.84. The maximum Gasteiger partial charge on any atom is 0.159 e. The number of aryl methyl sites for hydroxylation is 1. The Labute approximate surface area is 104 Å². The topological polar surface area (TPSA) is 30.7 Å². The summed E-state index contributed by atoms with van der Waals surface area (Å²) in [7, 11) is 1.87. The lowest BCUT2D eigenvalue weighted by Gasteiger charge is -1.96. The van der Waals surface area contributed by atoms with Gasteiger partial charge in [0.05, 0.1) is 0 Å². The fourth-order valence-corrected chi connectivity index (χ4v) is 2.06. The maximum atomic E-state index is 5.89. The summed E-state index contributed by atoms with van der Waals surface area (Å²) >= 11 is 5.89. The molecule has 3 nitrogen and oxygen atoms in total. The fraction of sp³-hybridized carbons (Fsp3) is 0.0769. The zero-order chi connectivity index (χ0) is 11.8. The molecule has 0 atom stereocenters. The maximum absolute atomic E-state index is 5.89. The minimum Gasteiger partial charge on any atom is -0.250 e. The van der Waals surface area contributed by atoms with E-state index in [0.717, 1.165) is 22.3 Å². The van der Waals surface area contributed by atoms with Crippen molar-refractivity contribution in [3.63, 3.8) is 0 Å². The Hall–Kier alpha value is -1.87. The molecule has 0 aliphatic rings. The van der Waals surface area contributed by atoms with Gasteiger partial charge in [-0.25, -0.2) is 9.67 Å². The first kappa shape index (κ1) is 10.3. The van der Waals surface area contributed by atoms with Crippen LogP contribution in [0, 0.1) is 0 Å². The first-order chi connectivity index (χ1) is 8.25. The summed E-state index contributed by atoms with van der Waals surface area (Å²) in [6.45, 7) is 0. The summed E-state index contributed by atoms with van der Waals surface area (Å²) < 4.78 is 1.75. The molecule has 0 spiro atoms. The molecule has 4 heteroatoms. The van der Waals surface area contributed by atoms with Crippen LogP contribution in [0.15, 0.2) is 42.5 Å². The first-order valence-corrected chi connectivity index (χ1v) is 5.68. The van der Waals surface area contributed by atoms with Crippen molar-refractivity contribution in [3.05, 3.63) is 47.6 Å². The van der Waals surface area contributed by atoms with Crippen molar-refractivity contribution in [2.75, 3.05) is 0 Å². The molecule has 0 aliphatic heterocycles. The quantitative estimate of drug-likeness (QED) is 0.614. The van der Waals surface area contributed by atoms with Crippen molar-refractivity contribution in [2.45, 2.75) is 0 Å². The molecule has 3 rings (SSSR count). The van der Waals surface area contributed by atoms with Gasteiger partial charge in [0.15, 0.2) is 5.65 Å². The van der Waals surface area contributed by atoms with Gasteiger partial charge >= 0.3 is 0 Å². The molecular formula is C13H10ClN3. The van der Waals surface area contributed by atoms with E-state index in [1.54, 1.807) is 10.7 Å². The van der Waals surface area contributed by atoms with Crippen molar-refractivity contribution >= 4 is 22.6 Å². The van der Waals surface area contributed by atoms with Crippen LogP contribution in [0.3, 0.4) is 0 Å². The molecule has 0 amide bonds. The van der Waals surface area contributed by atoms with E-state index < -0.39 is 0 Å². The molecule has 0 saturated carbocycles. The average molecular weight is 244 g/mol. The lowest BCUT2D eigenvalue weighted by Crippen LogP contribution is -1.91. The molecule has 2 aromatic heterocycles. The van der Waals surface area contributed by atoms with Gasteiger partial charge in [-0.1, -0.05) is 41.9 Å². The molecule has 1 aromatic carbocycles. The number of benzene rings is 1. The van der Waals surface area contributed by atoms with Crippen molar-refractivity contribution in [1.29, 1.82) is 0 Å². The predicted octanol–water partition coefficient (Wildman–Crippen LogP) is 3.29. The Morgan fingerprint density at radius 3 is 2.59 bits per heavy atom. The number of hydrogen-bond acceptors (Lipinski definition) is 2. The zero-order valence-corrected chi connectivity index (χ0v) is 10.0. The summed E-state index contributed by atoms with van der Waals surface area (Å²) in [4.78, 5) is 4.29. The Kier molecular flexibility index (Phi) is 2.34. The van der Waals surface area contributed by atoms with Gasteiger partial charge in [0, 0.05) is 18.0 Å². The smallest absolute Gasteiger partial charge is 0.159 e. The molecule has 3 aromatic rings. The van der Waals surface area contributed by atoms with Crippen LogP contribution in [0.4, 0.5) is 0 Å². The number of fused-ring (bicyclic) bond motifs is 1. The number of aromatic nitrogens is 3. The van der Waals surface area contributed by atoms with Crippen molar-refractivity contribution < 1.29 is 0 Å². The number of halogens is 1. The molecule has 0 bridgehead atoms. The second-order valence-corrected chi connectivity index (χ2v) is 4.23. The number of hydrogen-bond donors (Lipinski definition) is 0. The van der Waals surface area contributed by atoms with Crippen LogP contribution < -0.4 is 0 Å². The normalized spacial score (nSPS) is 10.9. The van der Waals surface area contributed by atoms with E-state index in [2.05, 4.69) is 10.1 Å². The third-order valence-electron chi connectivity index (χ3n) is 2.70. The van der Waals surface area contributed by atoms with E-state index in [-0.39, 0.29) is 0 Å². The molecule has 0 radical (unpaired) electrons. The minimum absolute atomic E-state index is 0.486. The lowest BCUT2D eigenvalue weighted by atomic mass is 10.1. The van der Waals surface area contributed by atoms with Crippen LogP contribution >= 0.6 is 11.6 Å². The Balaban J connectivity index is 2.32. The summed E-state index contributed by atoms with van der Waals surface area (Å²) in [5.41, 5.74) is 2.82. The molecule has 0 aliphatic carbocycles. The highest BCUT2D eigenvalue weighted by atomic mass is 35.5. The standard InChI is InChI=1S/C13H10ClN3/c1-17-13-10(7-8-11(14)15-13)12(16-17)9-5-3-2-4-6-9/h2-8H,1H3. The molecule has 0 fully saturated rings. The SMILES string of the molecule is Cn1nc(-c2ccccc2)c2ccc(Cl)nc21. The molecule has 17 heavy (non-hydrogen) atoms. The second kappa shape index (κ2) is 3.86. The first-order valence-electron chi connectivity index (χ1n) is 5.30. The van der Waals surface area contributed by atoms with Crippen LogP contribution in [0.2, 0.25) is 5.15 Å². The van der Waals surface area contributed by atoms with Crippen LogP contribution in [-0.4, -0.2) is 14.8 Å². The van der Waals surface area contributed by atoms with E-state index in [9.17, 15) is 0 Å². The average Bonchev–Trinajstić information content (AvgIpc) is 2.68. The lowest BCUT2D eigenvalue weighted by molar-refractivity contribution is 0.790. The molecular weight excluding hydrogens is 234 g/mol. The molecule has 0 N–H and O–H groups in total. The highest BCUT2D eigenvalue weighted by molar-refractivity contribution is 6.29. The predicted molar refractivity (Wildman–Crippen MR) is 69.0 cm³/mol. The summed E-state index contributed by atoms with van der Waals surface area (Å²) in [5.74, 6) is 0. The summed E-state index contributed by atoms with van der Waals surface area (Å²) in [5, 5.41) is 6.00. The third-order valence-corrected chi connectivity index (χ3v) is 2.91. The highest BCUT2D eigenvalue weighted by Crippen LogP contribution is 2.27. The molecule has 84 valence electrons. The summed E-state index contributed by atoms with van der Waals surface area (Å²) in [6.07, 6.45) is 0. The molecule has 2 heterocycles. The summed E-state index contributed by atoms with van der Waals surface area (Å²) in [6, 6.07) is 13.8. The highest BCUT2D eigenvalue weighted by Gasteiger charge is 2.11. The van der Waals surface area contributed by atoms with Gasteiger partial charge in [0.1, 0.15) is 10.8 Å². The van der Waals surface area contributed by atoms with Crippen molar-refractivity contribution in [2.24, 2.45) is 7.05 Å². The van der Waals surface area contributed by atoms with Gasteiger partial charge in [0.2, 0.25) is 0 Å². The number of rotatable bonds is 1. The fourth-order valence-electron chi connectivity index (χ4n) is 1.92. The van der Waals surface area contributed by atoms with Crippen LogP contribution in [0.25, 0.3) is 22.3 Å². The monoisotopic (exact) mass is 243 g/mol. The van der Waals surface area contributed by atoms with Gasteiger partial charge in [-0.2, -0.15) is 5.10 Å². The van der Waals surface area contributed by atoms with E-state index >= 15 is 0 Å². The van der Waals surface area contributed by atoms with E-state index in [4.69, 9.17) is 11.6 Å². The Morgan fingerprint density at radius 1 is 1.06 bits per heavy atom. The van der Waals surface area contributed by atoms with Gasteiger partial charge < -0.3 is 0 Å². The Bertz CT molecular complexity index is 674. The minimum atomic E-state index is 0.486. The zero-order valence-electron chi connectivity index (χ0n) is 9.26. The Morgan fingerprint density at radius 2 is 1.82 bits per heavy atom. The van der Waals surface area contributed by atoms with Crippen LogP contribution in [0.1, 0.15) is 0 Å². The van der Waals surface area contributed by atoms with Crippen LogP contribution in [-0.2, 0) is 7.05 Å². The van der Waals surface area contributed by atoms with E-state index in [1.165, 1.54) is 0 Å². The van der Waals surface area contributed by atoms with Gasteiger partial charge in [0.25, 0.3) is 0 Å². The van der Waals surface area contributed by atoms with Crippen molar-refractivity contribution in [3.8, 4) is 11.3 Å². The van der Waals surface area contributed by atoms with Crippen LogP contribution in [0.5, 0.6) is 0 Å². The van der Waals surface area contributed by atoms with Gasteiger partial charge in [-0.05, 0) is 12.1 Å². The largest absolute Gasteiger partial charge is 0.250 e. The van der Waals surface area contributed by atoms with Gasteiger partial charge in [-0.3, -0.25) is 0 Å². The number of pyridine rings is 1. The molecule has 0 unspecified atom stereocenters. The number of nitrogens with zero attached hydrogens (tertiary/aromatic N) is 3. The van der Waals surface area contributed by atoms with Gasteiger partial charge in [-0.15, -0.1) is 0 Å². The van der Waals surface area contributed by atoms with E-state index in [0.29, 0.717) is 5.15 Å². The third kappa shape index (κ3) is 1.68. The van der Waals surface area contributed by atoms with Crippen molar-refractivity contribution in [1.82, 2.24) is 14.8 Å².